The molecule has 1 aromatic carbocycles. The van der Waals surface area contributed by atoms with E-state index in [2.05, 4.69) is 5.32 Å². The fourth-order valence-corrected chi connectivity index (χ4v) is 1.80. The Labute approximate surface area is 115 Å². The van der Waals surface area contributed by atoms with Crippen molar-refractivity contribution in [2.24, 2.45) is 0 Å². The van der Waals surface area contributed by atoms with Crippen molar-refractivity contribution in [2.75, 3.05) is 6.61 Å². The Morgan fingerprint density at radius 3 is 2.50 bits per heavy atom. The molecular formula is C13H17FN2O4. The van der Waals surface area contributed by atoms with E-state index >= 15 is 0 Å². The first kappa shape index (κ1) is 16.0. The maximum atomic E-state index is 13.2. The summed E-state index contributed by atoms with van der Waals surface area (Å²) in [6.07, 6.45) is 1.02. The number of rotatable bonds is 6. The molecule has 0 radical (unpaired) electrons. The van der Waals surface area contributed by atoms with Crippen LogP contribution < -0.4 is 5.32 Å². The lowest BCUT2D eigenvalue weighted by Gasteiger charge is -2.30. The van der Waals surface area contributed by atoms with Crippen LogP contribution in [0.2, 0.25) is 0 Å². The number of carbonyl (C=O) groups excluding carboxylic acids is 1. The molecule has 0 bridgehead atoms. The molecule has 0 spiro atoms. The van der Waals surface area contributed by atoms with Crippen LogP contribution in [0.1, 0.15) is 37.0 Å². The lowest BCUT2D eigenvalue weighted by atomic mass is 9.93. The molecule has 0 saturated heterocycles. The molecule has 0 aromatic heterocycles. The van der Waals surface area contributed by atoms with Crippen LogP contribution in [0.4, 0.5) is 10.1 Å². The molecule has 20 heavy (non-hydrogen) atoms. The van der Waals surface area contributed by atoms with Gasteiger partial charge in [0.15, 0.2) is 0 Å². The Morgan fingerprint density at radius 2 is 2.05 bits per heavy atom. The number of nitrogens with one attached hydrogen (secondary N) is 1. The number of nitro groups is 1. The van der Waals surface area contributed by atoms with Crippen molar-refractivity contribution in [1.82, 2.24) is 5.32 Å². The molecule has 7 heteroatoms. The quantitative estimate of drug-likeness (QED) is 0.617. The van der Waals surface area contributed by atoms with Gasteiger partial charge in [0.2, 0.25) is 5.82 Å². The molecule has 1 amide bonds. The van der Waals surface area contributed by atoms with Crippen LogP contribution in [0.5, 0.6) is 0 Å². The largest absolute Gasteiger partial charge is 0.394 e. The highest BCUT2D eigenvalue weighted by Gasteiger charge is 2.28. The van der Waals surface area contributed by atoms with Crippen LogP contribution in [0.15, 0.2) is 18.2 Å². The minimum Gasteiger partial charge on any atom is -0.394 e. The SMILES string of the molecule is CCC(CC)(CO)NC(=O)c1ccc(F)c([N+](=O)[O-])c1. The molecule has 110 valence electrons. The zero-order chi connectivity index (χ0) is 15.3. The molecule has 0 fully saturated rings. The Hall–Kier alpha value is -2.02. The van der Waals surface area contributed by atoms with Crippen LogP contribution in [0.25, 0.3) is 0 Å². The number of aliphatic hydroxyl groups excluding tert-OH is 1. The highest BCUT2D eigenvalue weighted by molar-refractivity contribution is 5.95. The standard InChI is InChI=1S/C13H17FN2O4/c1-3-13(4-2,8-17)15-12(18)9-5-6-10(14)11(7-9)16(19)20/h5-7,17H,3-4,8H2,1-2H3,(H,15,18). The molecular weight excluding hydrogens is 267 g/mol. The van der Waals surface area contributed by atoms with Crippen LogP contribution in [-0.2, 0) is 0 Å². The predicted octanol–water partition coefficient (Wildman–Crippen LogP) is 2.01. The van der Waals surface area contributed by atoms with Crippen molar-refractivity contribution in [3.8, 4) is 0 Å². The molecule has 0 aliphatic carbocycles. The van der Waals surface area contributed by atoms with Gasteiger partial charge in [0.1, 0.15) is 0 Å². The molecule has 0 heterocycles. The smallest absolute Gasteiger partial charge is 0.305 e. The number of hydrogen-bond donors (Lipinski definition) is 2. The summed E-state index contributed by atoms with van der Waals surface area (Å²) < 4.78 is 13.2. The summed E-state index contributed by atoms with van der Waals surface area (Å²) in [6, 6.07) is 2.94. The van der Waals surface area contributed by atoms with Crippen molar-refractivity contribution >= 4 is 11.6 Å². The number of benzene rings is 1. The number of carbonyl (C=O) groups is 1. The molecule has 6 nitrogen and oxygen atoms in total. The monoisotopic (exact) mass is 284 g/mol. The maximum absolute atomic E-state index is 13.2. The van der Waals surface area contributed by atoms with E-state index < -0.39 is 27.9 Å². The second-order valence-corrected chi connectivity index (χ2v) is 4.52. The number of halogens is 1. The van der Waals surface area contributed by atoms with Crippen molar-refractivity contribution in [1.29, 1.82) is 0 Å². The third-order valence-electron chi connectivity index (χ3n) is 3.44. The van der Waals surface area contributed by atoms with Gasteiger partial charge < -0.3 is 10.4 Å². The molecule has 0 aliphatic rings. The Bertz CT molecular complexity index is 507. The fraction of sp³-hybridized carbons (Fsp3) is 0.462. The van der Waals surface area contributed by atoms with Gasteiger partial charge >= 0.3 is 5.69 Å². The molecule has 0 atom stereocenters. The van der Waals surface area contributed by atoms with Crippen molar-refractivity contribution in [2.45, 2.75) is 32.2 Å². The van der Waals surface area contributed by atoms with E-state index in [0.29, 0.717) is 12.8 Å². The minimum atomic E-state index is -0.994. The van der Waals surface area contributed by atoms with Crippen molar-refractivity contribution < 1.29 is 19.2 Å². The highest BCUT2D eigenvalue weighted by atomic mass is 19.1. The van der Waals surface area contributed by atoms with Gasteiger partial charge in [-0.15, -0.1) is 0 Å². The van der Waals surface area contributed by atoms with Crippen LogP contribution in [-0.4, -0.2) is 28.1 Å². The number of aliphatic hydroxyl groups is 1. The van der Waals surface area contributed by atoms with E-state index in [0.717, 1.165) is 12.1 Å². The fourth-order valence-electron chi connectivity index (χ4n) is 1.80. The first-order valence-electron chi connectivity index (χ1n) is 6.26. The van der Waals surface area contributed by atoms with Crippen LogP contribution in [0.3, 0.4) is 0 Å². The molecule has 2 N–H and O–H groups in total. The zero-order valence-electron chi connectivity index (χ0n) is 11.4. The number of hydrogen-bond acceptors (Lipinski definition) is 4. The Balaban J connectivity index is 3.04. The summed E-state index contributed by atoms with van der Waals surface area (Å²) in [5.74, 6) is -1.57. The summed E-state index contributed by atoms with van der Waals surface area (Å²) in [5.41, 5.74) is -1.54. The van der Waals surface area contributed by atoms with Crippen LogP contribution >= 0.6 is 0 Å². The summed E-state index contributed by atoms with van der Waals surface area (Å²) in [7, 11) is 0. The average molecular weight is 284 g/mol. The zero-order valence-corrected chi connectivity index (χ0v) is 11.4. The molecule has 1 aromatic rings. The second kappa shape index (κ2) is 6.42. The van der Waals surface area contributed by atoms with Crippen molar-refractivity contribution in [3.05, 3.63) is 39.7 Å². The third kappa shape index (κ3) is 3.30. The Morgan fingerprint density at radius 1 is 1.45 bits per heavy atom. The van der Waals surface area contributed by atoms with Crippen LogP contribution in [0, 0.1) is 15.9 Å². The number of amides is 1. The van der Waals surface area contributed by atoms with E-state index in [-0.39, 0.29) is 12.2 Å². The maximum Gasteiger partial charge on any atom is 0.305 e. The van der Waals surface area contributed by atoms with Gasteiger partial charge in [0.25, 0.3) is 5.91 Å². The van der Waals surface area contributed by atoms with E-state index in [1.165, 1.54) is 6.07 Å². The van der Waals surface area contributed by atoms with Gasteiger partial charge in [-0.2, -0.15) is 4.39 Å². The van der Waals surface area contributed by atoms with Gasteiger partial charge in [-0.05, 0) is 25.0 Å². The predicted molar refractivity (Wildman–Crippen MR) is 70.9 cm³/mol. The van der Waals surface area contributed by atoms with Gasteiger partial charge in [-0.3, -0.25) is 14.9 Å². The number of nitrogens with zero attached hydrogens (tertiary/aromatic N) is 1. The second-order valence-electron chi connectivity index (χ2n) is 4.52. The highest BCUT2D eigenvalue weighted by Crippen LogP contribution is 2.20. The van der Waals surface area contributed by atoms with Gasteiger partial charge in [-0.25, -0.2) is 0 Å². The average Bonchev–Trinajstić information content (AvgIpc) is 2.45. The summed E-state index contributed by atoms with van der Waals surface area (Å²) in [4.78, 5) is 21.8. The third-order valence-corrected chi connectivity index (χ3v) is 3.44. The van der Waals surface area contributed by atoms with E-state index in [4.69, 9.17) is 0 Å². The lowest BCUT2D eigenvalue weighted by Crippen LogP contribution is -2.50. The van der Waals surface area contributed by atoms with Crippen molar-refractivity contribution in [3.63, 3.8) is 0 Å². The lowest BCUT2D eigenvalue weighted by molar-refractivity contribution is -0.387. The summed E-state index contributed by atoms with van der Waals surface area (Å²) in [6.45, 7) is 3.38. The van der Waals surface area contributed by atoms with Gasteiger partial charge in [0.05, 0.1) is 17.1 Å². The molecule has 0 aliphatic heterocycles. The molecule has 1 rings (SSSR count). The summed E-state index contributed by atoms with van der Waals surface area (Å²) >= 11 is 0. The van der Waals surface area contributed by atoms with E-state index in [1.807, 2.05) is 13.8 Å². The molecule has 0 saturated carbocycles. The first-order valence-corrected chi connectivity index (χ1v) is 6.26. The normalized spacial score (nSPS) is 11.2. The topological polar surface area (TPSA) is 92.5 Å². The van der Waals surface area contributed by atoms with E-state index in [1.54, 1.807) is 0 Å². The first-order chi connectivity index (χ1) is 9.39. The van der Waals surface area contributed by atoms with E-state index in [9.17, 15) is 24.4 Å². The van der Waals surface area contributed by atoms with Gasteiger partial charge in [0, 0.05) is 11.6 Å². The number of nitro benzene ring substituents is 1. The Kier molecular flexibility index (Phi) is 5.15. The minimum absolute atomic E-state index is 0.0159. The van der Waals surface area contributed by atoms with Gasteiger partial charge in [-0.1, -0.05) is 13.8 Å². The molecule has 0 unspecified atom stereocenters. The summed E-state index contributed by atoms with van der Waals surface area (Å²) in [5, 5.41) is 22.7.